The molecule has 0 aromatic carbocycles. The molecule has 5 nitrogen and oxygen atoms in total. The molecule has 0 unspecified atom stereocenters. The minimum Gasteiger partial charge on any atom is -0.460 e. The first-order valence-corrected chi connectivity index (χ1v) is 6.90. The SMILES string of the molecule is CCOC(=O)c1nc(C(Cl)(Cl)Cl)nc(C(Cl)(Cl)Cl)n1. The molecule has 0 spiro atoms. The molecule has 1 heterocycles. The lowest BCUT2D eigenvalue weighted by Crippen LogP contribution is -2.21. The Morgan fingerprint density at radius 3 is 1.74 bits per heavy atom. The van der Waals surface area contributed by atoms with Gasteiger partial charge in [0.15, 0.2) is 11.6 Å². The van der Waals surface area contributed by atoms with Gasteiger partial charge in [-0.3, -0.25) is 0 Å². The number of alkyl halides is 6. The minimum atomic E-state index is -2.01. The molecule has 1 aromatic heterocycles. The second-order valence-corrected chi connectivity index (χ2v) is 7.58. The zero-order valence-corrected chi connectivity index (χ0v) is 13.7. The standard InChI is InChI=1S/C8H5Cl6N3O2/c1-2-19-4(18)3-15-5(7(9,10)11)17-6(16-3)8(12,13)14/h2H2,1H3. The number of halogens is 6. The number of hydrogen-bond acceptors (Lipinski definition) is 5. The van der Waals surface area contributed by atoms with E-state index in [-0.39, 0.29) is 18.3 Å². The predicted molar refractivity (Wildman–Crippen MR) is 74.3 cm³/mol. The fraction of sp³-hybridized carbons (Fsp3) is 0.500. The van der Waals surface area contributed by atoms with E-state index in [0.717, 1.165) is 0 Å². The Balaban J connectivity index is 3.37. The van der Waals surface area contributed by atoms with Gasteiger partial charge in [-0.1, -0.05) is 69.6 Å². The van der Waals surface area contributed by atoms with E-state index in [1.807, 2.05) is 0 Å². The van der Waals surface area contributed by atoms with Crippen LogP contribution in [0.5, 0.6) is 0 Å². The minimum absolute atomic E-state index is 0.108. The first-order valence-electron chi connectivity index (χ1n) is 4.63. The second kappa shape index (κ2) is 6.33. The molecule has 19 heavy (non-hydrogen) atoms. The van der Waals surface area contributed by atoms with Gasteiger partial charge >= 0.3 is 5.97 Å². The van der Waals surface area contributed by atoms with E-state index in [0.29, 0.717) is 0 Å². The third-order valence-electron chi connectivity index (χ3n) is 1.60. The van der Waals surface area contributed by atoms with Gasteiger partial charge in [0.25, 0.3) is 0 Å². The Labute approximate surface area is 138 Å². The highest BCUT2D eigenvalue weighted by Crippen LogP contribution is 2.39. The average molecular weight is 388 g/mol. The van der Waals surface area contributed by atoms with E-state index in [1.54, 1.807) is 6.92 Å². The number of aromatic nitrogens is 3. The Kier molecular flexibility index (Phi) is 5.75. The molecule has 1 rings (SSSR count). The summed E-state index contributed by atoms with van der Waals surface area (Å²) in [7, 11) is 0. The van der Waals surface area contributed by atoms with Gasteiger partial charge in [-0.2, -0.15) is 0 Å². The lowest BCUT2D eigenvalue weighted by atomic mass is 10.5. The molecule has 0 fully saturated rings. The van der Waals surface area contributed by atoms with Crippen molar-refractivity contribution >= 4 is 75.6 Å². The van der Waals surface area contributed by atoms with E-state index < -0.39 is 19.4 Å². The van der Waals surface area contributed by atoms with Crippen molar-refractivity contribution in [1.82, 2.24) is 15.0 Å². The summed E-state index contributed by atoms with van der Waals surface area (Å²) >= 11 is 33.8. The smallest absolute Gasteiger partial charge is 0.376 e. The van der Waals surface area contributed by atoms with Crippen LogP contribution in [0.1, 0.15) is 29.2 Å². The summed E-state index contributed by atoms with van der Waals surface area (Å²) in [5.74, 6) is -1.97. The summed E-state index contributed by atoms with van der Waals surface area (Å²) in [6, 6.07) is 0. The second-order valence-electron chi connectivity index (χ2n) is 3.02. The number of carbonyl (C=O) groups excluding carboxylic acids is 1. The van der Waals surface area contributed by atoms with E-state index in [1.165, 1.54) is 0 Å². The third-order valence-corrected chi connectivity index (χ3v) is 2.61. The Bertz CT molecular complexity index is 452. The van der Waals surface area contributed by atoms with Crippen molar-refractivity contribution in [2.45, 2.75) is 14.5 Å². The molecule has 0 saturated carbocycles. The zero-order valence-electron chi connectivity index (χ0n) is 9.13. The number of ether oxygens (including phenoxy) is 1. The Morgan fingerprint density at radius 1 is 1.00 bits per heavy atom. The van der Waals surface area contributed by atoms with E-state index >= 15 is 0 Å². The Hall–Kier alpha value is 0.220. The van der Waals surface area contributed by atoms with Gasteiger partial charge in [-0.25, -0.2) is 19.7 Å². The van der Waals surface area contributed by atoms with Crippen LogP contribution in [0.25, 0.3) is 0 Å². The van der Waals surface area contributed by atoms with Gasteiger partial charge in [-0.05, 0) is 6.92 Å². The van der Waals surface area contributed by atoms with Crippen LogP contribution in [0, 0.1) is 0 Å². The van der Waals surface area contributed by atoms with Crippen LogP contribution in [-0.4, -0.2) is 27.5 Å². The molecule has 0 radical (unpaired) electrons. The molecule has 0 atom stereocenters. The van der Waals surface area contributed by atoms with Gasteiger partial charge in [0.2, 0.25) is 13.4 Å². The largest absolute Gasteiger partial charge is 0.460 e. The highest BCUT2D eigenvalue weighted by Gasteiger charge is 2.35. The van der Waals surface area contributed by atoms with Crippen LogP contribution in [-0.2, 0) is 12.3 Å². The molecule has 1 aromatic rings. The maximum atomic E-state index is 11.6. The number of carbonyl (C=O) groups is 1. The molecule has 0 aliphatic carbocycles. The van der Waals surface area contributed by atoms with Crippen LogP contribution in [0.3, 0.4) is 0 Å². The molecule has 0 aliphatic rings. The van der Waals surface area contributed by atoms with Gasteiger partial charge < -0.3 is 4.74 Å². The summed E-state index contributed by atoms with van der Waals surface area (Å²) in [6.45, 7) is 1.71. The summed E-state index contributed by atoms with van der Waals surface area (Å²) in [5.41, 5.74) is 0. The quantitative estimate of drug-likeness (QED) is 0.571. The lowest BCUT2D eigenvalue weighted by Gasteiger charge is -2.14. The van der Waals surface area contributed by atoms with Gasteiger partial charge in [0, 0.05) is 0 Å². The first-order chi connectivity index (χ1) is 8.55. The van der Waals surface area contributed by atoms with E-state index in [9.17, 15) is 4.79 Å². The number of esters is 1. The summed E-state index contributed by atoms with van der Waals surface area (Å²) in [4.78, 5) is 22.6. The van der Waals surface area contributed by atoms with Gasteiger partial charge in [0.05, 0.1) is 6.61 Å². The highest BCUT2D eigenvalue weighted by atomic mass is 35.6. The van der Waals surface area contributed by atoms with Crippen LogP contribution in [0.15, 0.2) is 0 Å². The Morgan fingerprint density at radius 2 is 1.42 bits per heavy atom. The van der Waals surface area contributed by atoms with Crippen molar-refractivity contribution in [3.63, 3.8) is 0 Å². The topological polar surface area (TPSA) is 65.0 Å². The van der Waals surface area contributed by atoms with Crippen molar-refractivity contribution in [2.24, 2.45) is 0 Å². The molecule has 0 aliphatic heterocycles. The predicted octanol–water partition coefficient (Wildman–Crippen LogP) is 3.70. The maximum absolute atomic E-state index is 11.6. The fourth-order valence-corrected chi connectivity index (χ4v) is 1.42. The molecule has 11 heteroatoms. The van der Waals surface area contributed by atoms with Crippen molar-refractivity contribution < 1.29 is 9.53 Å². The van der Waals surface area contributed by atoms with E-state index in [2.05, 4.69) is 15.0 Å². The number of rotatable bonds is 2. The van der Waals surface area contributed by atoms with Crippen LogP contribution < -0.4 is 0 Å². The molecule has 0 bridgehead atoms. The van der Waals surface area contributed by atoms with E-state index in [4.69, 9.17) is 74.3 Å². The molecule has 106 valence electrons. The monoisotopic (exact) mass is 385 g/mol. The van der Waals surface area contributed by atoms with Crippen molar-refractivity contribution in [2.75, 3.05) is 6.61 Å². The van der Waals surface area contributed by atoms with Crippen LogP contribution >= 0.6 is 69.6 Å². The highest BCUT2D eigenvalue weighted by molar-refractivity contribution is 6.67. The molecule has 0 amide bonds. The van der Waals surface area contributed by atoms with Gasteiger partial charge in [-0.15, -0.1) is 0 Å². The third kappa shape index (κ3) is 4.92. The molecule has 0 saturated heterocycles. The molecular weight excluding hydrogens is 383 g/mol. The lowest BCUT2D eigenvalue weighted by molar-refractivity contribution is 0.0510. The summed E-state index contributed by atoms with van der Waals surface area (Å²) in [5, 5.41) is 0. The number of nitrogens with zero attached hydrogens (tertiary/aromatic N) is 3. The number of hydrogen-bond donors (Lipinski definition) is 0. The van der Waals surface area contributed by atoms with Crippen molar-refractivity contribution in [1.29, 1.82) is 0 Å². The van der Waals surface area contributed by atoms with Gasteiger partial charge in [0.1, 0.15) is 0 Å². The van der Waals surface area contributed by atoms with Crippen molar-refractivity contribution in [3.05, 3.63) is 17.5 Å². The maximum Gasteiger partial charge on any atom is 0.376 e. The van der Waals surface area contributed by atoms with Crippen LogP contribution in [0.2, 0.25) is 0 Å². The summed E-state index contributed by atoms with van der Waals surface area (Å²) in [6.07, 6.45) is 0. The average Bonchev–Trinajstić information content (AvgIpc) is 2.26. The first kappa shape index (κ1) is 17.3. The van der Waals surface area contributed by atoms with Crippen LogP contribution in [0.4, 0.5) is 0 Å². The zero-order chi connectivity index (χ0) is 14.8. The normalized spacial score (nSPS) is 12.4. The fourth-order valence-electron chi connectivity index (χ4n) is 0.916. The van der Waals surface area contributed by atoms with Crippen molar-refractivity contribution in [3.8, 4) is 0 Å². The molecule has 0 N–H and O–H groups in total. The molecular formula is C8H5Cl6N3O2. The summed E-state index contributed by atoms with van der Waals surface area (Å²) < 4.78 is 0.703.